The minimum absolute atomic E-state index is 0. The number of aromatic nitrogens is 1. The first-order chi connectivity index (χ1) is 8.08. The zero-order valence-corrected chi connectivity index (χ0v) is 15.1. The predicted octanol–water partition coefficient (Wildman–Crippen LogP) is -2.95. The van der Waals surface area contributed by atoms with E-state index in [-0.39, 0.29) is 41.9 Å². The number of aryl methyl sites for hydroxylation is 1. The Bertz CT molecular complexity index is 421. The summed E-state index contributed by atoms with van der Waals surface area (Å²) in [5, 5.41) is 0. The topological polar surface area (TPSA) is 37.6 Å². The van der Waals surface area contributed by atoms with E-state index in [9.17, 15) is 0 Å². The summed E-state index contributed by atoms with van der Waals surface area (Å²) in [6, 6.07) is 4.13. The van der Waals surface area contributed by atoms with Gasteiger partial charge in [-0.3, -0.25) is 9.98 Å². The maximum Gasteiger partial charge on any atom is 2.00 e. The van der Waals surface area contributed by atoms with Crippen molar-refractivity contribution in [1.29, 1.82) is 0 Å². The van der Waals surface area contributed by atoms with Gasteiger partial charge < -0.3 is 24.8 Å². The molecule has 0 amide bonds. The van der Waals surface area contributed by atoms with Crippen LogP contribution in [-0.2, 0) is 17.1 Å². The van der Waals surface area contributed by atoms with E-state index in [1.165, 1.54) is 5.56 Å². The summed E-state index contributed by atoms with van der Waals surface area (Å²) < 4.78 is 0. The van der Waals surface area contributed by atoms with Crippen molar-refractivity contribution in [2.45, 2.75) is 34.6 Å². The number of hydrogen-bond donors (Lipinski definition) is 0. The molecule has 20 heavy (non-hydrogen) atoms. The van der Waals surface area contributed by atoms with E-state index < -0.39 is 0 Å². The number of rotatable bonds is 4. The molecule has 0 fully saturated rings. The van der Waals surface area contributed by atoms with Crippen molar-refractivity contribution < 1.29 is 41.9 Å². The van der Waals surface area contributed by atoms with Crippen molar-refractivity contribution in [3.05, 3.63) is 29.1 Å². The smallest absolute Gasteiger partial charge is 1.00 e. The van der Waals surface area contributed by atoms with Gasteiger partial charge in [0.25, 0.3) is 0 Å². The van der Waals surface area contributed by atoms with Crippen LogP contribution in [0.15, 0.2) is 22.1 Å². The fraction of sp³-hybridized carbons (Fsp3) is 0.500. The van der Waals surface area contributed by atoms with Gasteiger partial charge in [0.2, 0.25) is 0 Å². The van der Waals surface area contributed by atoms with Crippen molar-refractivity contribution in [3.8, 4) is 0 Å². The Morgan fingerprint density at radius 3 is 1.60 bits per heavy atom. The van der Waals surface area contributed by atoms with Gasteiger partial charge in [0, 0.05) is 13.1 Å². The molecule has 0 aliphatic rings. The minimum Gasteiger partial charge on any atom is -1.00 e. The van der Waals surface area contributed by atoms with Crippen LogP contribution in [-0.4, -0.2) is 29.5 Å². The summed E-state index contributed by atoms with van der Waals surface area (Å²) in [6.45, 7) is 11.7. The fourth-order valence-electron chi connectivity index (χ4n) is 1.67. The zero-order chi connectivity index (χ0) is 12.8. The number of pyridine rings is 1. The van der Waals surface area contributed by atoms with Gasteiger partial charge in [0.05, 0.1) is 22.8 Å². The Balaban J connectivity index is -0.000000963. The zero-order valence-electron chi connectivity index (χ0n) is 12.5. The van der Waals surface area contributed by atoms with E-state index in [4.69, 9.17) is 0 Å². The van der Waals surface area contributed by atoms with Crippen molar-refractivity contribution in [2.75, 3.05) is 13.1 Å². The number of nitrogens with zero attached hydrogens (tertiary/aromatic N) is 3. The Hall–Kier alpha value is -0.411. The van der Waals surface area contributed by atoms with Crippen LogP contribution in [0.1, 0.15) is 44.6 Å². The first-order valence-electron chi connectivity index (χ1n) is 6.10. The second-order valence-corrected chi connectivity index (χ2v) is 4.03. The molecule has 114 valence electrons. The van der Waals surface area contributed by atoms with Gasteiger partial charge >= 0.3 is 17.1 Å². The summed E-state index contributed by atoms with van der Waals surface area (Å²) in [7, 11) is 0. The molecule has 3 nitrogen and oxygen atoms in total. The molecule has 0 aromatic carbocycles. The third kappa shape index (κ3) is 7.39. The average Bonchev–Trinajstić information content (AvgIpc) is 2.29. The van der Waals surface area contributed by atoms with E-state index in [1.807, 2.05) is 27.7 Å². The van der Waals surface area contributed by atoms with Gasteiger partial charge in [-0.1, -0.05) is 0 Å². The first kappa shape index (κ1) is 24.6. The van der Waals surface area contributed by atoms with Crippen LogP contribution in [0.5, 0.6) is 0 Å². The molecule has 1 aromatic heterocycles. The van der Waals surface area contributed by atoms with Gasteiger partial charge in [0.1, 0.15) is 0 Å². The van der Waals surface area contributed by atoms with Crippen LogP contribution in [0.25, 0.3) is 0 Å². The van der Waals surface area contributed by atoms with Gasteiger partial charge in [-0.05, 0) is 52.3 Å². The van der Waals surface area contributed by atoms with Crippen LogP contribution in [0.4, 0.5) is 0 Å². The maximum atomic E-state index is 4.61. The van der Waals surface area contributed by atoms with Crippen molar-refractivity contribution in [1.82, 2.24) is 4.98 Å². The van der Waals surface area contributed by atoms with Gasteiger partial charge in [-0.15, -0.1) is 0 Å². The standard InChI is InChI=1S/C14H21N3.2ClH.Fe/c1-6-15-11(4)13-8-10(3)9-14(17-13)12(5)16-7-2;;;/h8-9H,6-7H2,1-5H3;2*1H;/q;;;+2/p-2. The molecule has 0 aliphatic carbocycles. The predicted molar refractivity (Wildman–Crippen MR) is 74.5 cm³/mol. The molecule has 0 spiro atoms. The quantitative estimate of drug-likeness (QED) is 0.419. The third-order valence-electron chi connectivity index (χ3n) is 2.50. The van der Waals surface area contributed by atoms with Crippen LogP contribution >= 0.6 is 0 Å². The summed E-state index contributed by atoms with van der Waals surface area (Å²) in [5.74, 6) is 0. The molecule has 1 heterocycles. The van der Waals surface area contributed by atoms with E-state index in [0.29, 0.717) is 0 Å². The van der Waals surface area contributed by atoms with Crippen LogP contribution < -0.4 is 24.8 Å². The normalized spacial score (nSPS) is 11.1. The van der Waals surface area contributed by atoms with Crippen molar-refractivity contribution in [2.24, 2.45) is 9.98 Å². The molecule has 0 saturated carbocycles. The van der Waals surface area contributed by atoms with Crippen molar-refractivity contribution >= 4 is 11.4 Å². The second-order valence-electron chi connectivity index (χ2n) is 4.03. The van der Waals surface area contributed by atoms with Gasteiger partial charge in [-0.2, -0.15) is 0 Å². The Kier molecular flexibility index (Phi) is 15.2. The fourth-order valence-corrected chi connectivity index (χ4v) is 1.67. The Labute approximate surface area is 145 Å². The molecule has 0 unspecified atom stereocenters. The summed E-state index contributed by atoms with van der Waals surface area (Å²) >= 11 is 0. The Morgan fingerprint density at radius 1 is 0.950 bits per heavy atom. The molecule has 0 N–H and O–H groups in total. The minimum atomic E-state index is 0. The first-order valence-corrected chi connectivity index (χ1v) is 6.10. The molecule has 0 saturated heterocycles. The molecule has 0 radical (unpaired) electrons. The van der Waals surface area contributed by atoms with Gasteiger partial charge in [-0.25, -0.2) is 4.98 Å². The molecular weight excluding hydrogens is 337 g/mol. The summed E-state index contributed by atoms with van der Waals surface area (Å²) in [5.41, 5.74) is 5.07. The van der Waals surface area contributed by atoms with Crippen molar-refractivity contribution in [3.63, 3.8) is 0 Å². The number of hydrogen-bond acceptors (Lipinski definition) is 3. The monoisotopic (exact) mass is 357 g/mol. The van der Waals surface area contributed by atoms with Crippen LogP contribution in [0.3, 0.4) is 0 Å². The molecule has 6 heteroatoms. The molecule has 1 aromatic rings. The molecule has 0 bridgehead atoms. The molecular formula is C14H21Cl2FeN3. The van der Waals surface area contributed by atoms with E-state index in [1.54, 1.807) is 0 Å². The average molecular weight is 358 g/mol. The molecule has 0 aliphatic heterocycles. The number of halogens is 2. The second kappa shape index (κ2) is 12.3. The van der Waals surface area contributed by atoms with Crippen LogP contribution in [0.2, 0.25) is 0 Å². The summed E-state index contributed by atoms with van der Waals surface area (Å²) in [4.78, 5) is 13.4. The van der Waals surface area contributed by atoms with Crippen LogP contribution in [0, 0.1) is 6.92 Å². The largest absolute Gasteiger partial charge is 2.00 e. The van der Waals surface area contributed by atoms with E-state index in [0.717, 1.165) is 35.9 Å². The number of aliphatic imine (C=N–C) groups is 2. The Morgan fingerprint density at radius 2 is 1.30 bits per heavy atom. The van der Waals surface area contributed by atoms with E-state index in [2.05, 4.69) is 34.0 Å². The summed E-state index contributed by atoms with van der Waals surface area (Å²) in [6.07, 6.45) is 0. The van der Waals surface area contributed by atoms with Gasteiger partial charge in [0.15, 0.2) is 0 Å². The molecule has 1 rings (SSSR count). The SMILES string of the molecule is CCN=C(C)c1cc(C)cc(C(C)=NCC)n1.[Cl-].[Cl-].[Fe+2]. The van der Waals surface area contributed by atoms with E-state index >= 15 is 0 Å². The third-order valence-corrected chi connectivity index (χ3v) is 2.50. The molecule has 0 atom stereocenters. The maximum absolute atomic E-state index is 4.61.